The molecular formula is C17H23N5O5S2. The smallest absolute Gasteiger partial charge is 0.329 e. The van der Waals surface area contributed by atoms with Gasteiger partial charge in [0.1, 0.15) is 15.6 Å². The number of carbonyl (C=O) groups excluding carboxylic acids is 1. The number of hydrogen-bond acceptors (Lipinski definition) is 8. The van der Waals surface area contributed by atoms with Gasteiger partial charge in [0.25, 0.3) is 15.6 Å². The number of H-pyrrole nitrogens is 1. The molecule has 3 heterocycles. The van der Waals surface area contributed by atoms with Crippen molar-refractivity contribution in [3.8, 4) is 0 Å². The van der Waals surface area contributed by atoms with Crippen LogP contribution in [0, 0.1) is 0 Å². The van der Waals surface area contributed by atoms with E-state index >= 15 is 0 Å². The molecule has 1 aliphatic heterocycles. The van der Waals surface area contributed by atoms with Crippen molar-refractivity contribution >= 4 is 33.0 Å². The van der Waals surface area contributed by atoms with Crippen molar-refractivity contribution in [2.75, 3.05) is 38.5 Å². The number of Topliss-reactive ketones (excluding diaryl/α,β-unsaturated/α-hetero) is 1. The van der Waals surface area contributed by atoms with Gasteiger partial charge in [-0.05, 0) is 17.9 Å². The van der Waals surface area contributed by atoms with E-state index < -0.39 is 27.1 Å². The van der Waals surface area contributed by atoms with E-state index in [2.05, 4.69) is 4.98 Å². The average molecular weight is 442 g/mol. The van der Waals surface area contributed by atoms with Crippen LogP contribution in [0.4, 0.5) is 5.82 Å². The summed E-state index contributed by atoms with van der Waals surface area (Å²) in [6, 6.07) is 3.25. The summed E-state index contributed by atoms with van der Waals surface area (Å²) in [5.74, 6) is -0.632. The van der Waals surface area contributed by atoms with Gasteiger partial charge in [-0.1, -0.05) is 13.0 Å². The molecule has 2 aromatic heterocycles. The molecule has 0 unspecified atom stereocenters. The molecule has 2 aromatic rings. The van der Waals surface area contributed by atoms with Gasteiger partial charge in [-0.25, -0.2) is 13.2 Å². The molecular weight excluding hydrogens is 418 g/mol. The minimum absolute atomic E-state index is 0.0789. The van der Waals surface area contributed by atoms with Gasteiger partial charge in [0.15, 0.2) is 5.78 Å². The first-order chi connectivity index (χ1) is 13.8. The molecule has 12 heteroatoms. The summed E-state index contributed by atoms with van der Waals surface area (Å²) in [5.41, 5.74) is 4.26. The van der Waals surface area contributed by atoms with Crippen LogP contribution in [0.2, 0.25) is 0 Å². The summed E-state index contributed by atoms with van der Waals surface area (Å²) in [5, 5.41) is 1.71. The third-order valence-corrected chi connectivity index (χ3v) is 8.03. The number of ketones is 1. The highest BCUT2D eigenvalue weighted by atomic mass is 32.2. The van der Waals surface area contributed by atoms with Gasteiger partial charge in [0.05, 0.1) is 6.54 Å². The van der Waals surface area contributed by atoms with E-state index in [0.717, 1.165) is 11.3 Å². The Bertz CT molecular complexity index is 1100. The summed E-state index contributed by atoms with van der Waals surface area (Å²) in [4.78, 5) is 40.6. The lowest BCUT2D eigenvalue weighted by Crippen LogP contribution is -2.50. The van der Waals surface area contributed by atoms with Crippen LogP contribution in [0.5, 0.6) is 0 Å². The number of nitrogens with one attached hydrogen (secondary N) is 1. The van der Waals surface area contributed by atoms with Crippen LogP contribution >= 0.6 is 11.3 Å². The fraction of sp³-hybridized carbons (Fsp3) is 0.471. The maximum atomic E-state index is 12.7. The number of sulfonamides is 1. The second kappa shape index (κ2) is 8.61. The van der Waals surface area contributed by atoms with Gasteiger partial charge >= 0.3 is 5.69 Å². The first-order valence-corrected chi connectivity index (χ1v) is 11.5. The zero-order chi connectivity index (χ0) is 21.2. The van der Waals surface area contributed by atoms with Gasteiger partial charge in [0, 0.05) is 32.7 Å². The zero-order valence-electron chi connectivity index (χ0n) is 16.0. The fourth-order valence-corrected chi connectivity index (χ4v) is 5.82. The Hall–Kier alpha value is -2.28. The number of nitrogen functional groups attached to an aromatic ring is 1. The number of aromatic amines is 1. The Morgan fingerprint density at radius 2 is 1.93 bits per heavy atom. The maximum absolute atomic E-state index is 12.7. The van der Waals surface area contributed by atoms with Gasteiger partial charge in [-0.15, -0.1) is 11.3 Å². The molecule has 3 rings (SSSR count). The normalized spacial score (nSPS) is 16.2. The number of nitrogens with two attached hydrogens (primary N) is 1. The van der Waals surface area contributed by atoms with Crippen molar-refractivity contribution in [3.63, 3.8) is 0 Å². The SMILES string of the molecule is CCCn1c(N)c(C(=O)CN2CCN(S(=O)(=O)c3cccs3)CC2)c(=O)[nH]c1=O. The molecule has 0 aromatic carbocycles. The van der Waals surface area contributed by atoms with Crippen LogP contribution in [-0.2, 0) is 16.6 Å². The number of aromatic nitrogens is 2. The van der Waals surface area contributed by atoms with Crippen LogP contribution in [0.1, 0.15) is 23.7 Å². The number of hydrogen-bond donors (Lipinski definition) is 2. The molecule has 3 N–H and O–H groups in total. The van der Waals surface area contributed by atoms with Crippen LogP contribution in [0.25, 0.3) is 0 Å². The highest BCUT2D eigenvalue weighted by Crippen LogP contribution is 2.22. The molecule has 0 atom stereocenters. The Kier molecular flexibility index (Phi) is 6.36. The second-order valence-corrected chi connectivity index (χ2v) is 9.82. The van der Waals surface area contributed by atoms with Crippen molar-refractivity contribution in [2.45, 2.75) is 24.1 Å². The summed E-state index contributed by atoms with van der Waals surface area (Å²) in [7, 11) is -3.53. The molecule has 0 bridgehead atoms. The van der Waals surface area contributed by atoms with Crippen molar-refractivity contribution < 1.29 is 13.2 Å². The number of carbonyl (C=O) groups is 1. The second-order valence-electron chi connectivity index (χ2n) is 6.71. The predicted octanol–water partition coefficient (Wildman–Crippen LogP) is -0.220. The molecule has 158 valence electrons. The van der Waals surface area contributed by atoms with Crippen molar-refractivity contribution in [1.82, 2.24) is 18.8 Å². The Balaban J connectivity index is 1.70. The predicted molar refractivity (Wildman–Crippen MR) is 110 cm³/mol. The van der Waals surface area contributed by atoms with E-state index in [0.29, 0.717) is 30.3 Å². The molecule has 1 saturated heterocycles. The molecule has 0 radical (unpaired) electrons. The van der Waals surface area contributed by atoms with Crippen molar-refractivity contribution in [1.29, 1.82) is 0 Å². The van der Waals surface area contributed by atoms with Crippen LogP contribution in [-0.4, -0.2) is 65.7 Å². The average Bonchev–Trinajstić information content (AvgIpc) is 3.21. The molecule has 0 saturated carbocycles. The van der Waals surface area contributed by atoms with Crippen LogP contribution in [0.3, 0.4) is 0 Å². The lowest BCUT2D eigenvalue weighted by Gasteiger charge is -2.33. The van der Waals surface area contributed by atoms with E-state index in [-0.39, 0.29) is 31.0 Å². The quantitative estimate of drug-likeness (QED) is 0.566. The zero-order valence-corrected chi connectivity index (χ0v) is 17.6. The van der Waals surface area contributed by atoms with Gasteiger partial charge in [-0.3, -0.25) is 24.0 Å². The van der Waals surface area contributed by atoms with E-state index in [1.54, 1.807) is 22.4 Å². The Morgan fingerprint density at radius 1 is 1.24 bits per heavy atom. The monoisotopic (exact) mass is 441 g/mol. The largest absolute Gasteiger partial charge is 0.384 e. The van der Waals surface area contributed by atoms with Crippen LogP contribution in [0.15, 0.2) is 31.3 Å². The number of thiophene rings is 1. The topological polar surface area (TPSA) is 139 Å². The van der Waals surface area contributed by atoms with E-state index in [1.807, 2.05) is 6.92 Å². The van der Waals surface area contributed by atoms with E-state index in [9.17, 15) is 22.8 Å². The minimum atomic E-state index is -3.53. The number of rotatable bonds is 7. The molecule has 0 aliphatic carbocycles. The molecule has 10 nitrogen and oxygen atoms in total. The van der Waals surface area contributed by atoms with Crippen LogP contribution < -0.4 is 17.0 Å². The summed E-state index contributed by atoms with van der Waals surface area (Å²) >= 11 is 1.16. The molecule has 29 heavy (non-hydrogen) atoms. The van der Waals surface area contributed by atoms with Gasteiger partial charge in [0.2, 0.25) is 0 Å². The third kappa shape index (κ3) is 4.34. The lowest BCUT2D eigenvalue weighted by atomic mass is 10.1. The lowest BCUT2D eigenvalue weighted by molar-refractivity contribution is 0.0900. The summed E-state index contributed by atoms with van der Waals surface area (Å²) in [6.07, 6.45) is 0.616. The molecule has 1 fully saturated rings. The molecule has 0 spiro atoms. The maximum Gasteiger partial charge on any atom is 0.329 e. The number of anilines is 1. The highest BCUT2D eigenvalue weighted by Gasteiger charge is 2.30. The Labute approximate surface area is 171 Å². The Morgan fingerprint density at radius 3 is 2.52 bits per heavy atom. The summed E-state index contributed by atoms with van der Waals surface area (Å²) < 4.78 is 28.0. The van der Waals surface area contributed by atoms with Gasteiger partial charge in [-0.2, -0.15) is 4.31 Å². The molecule has 1 aliphatic rings. The van der Waals surface area contributed by atoms with E-state index in [1.165, 1.54) is 8.87 Å². The summed E-state index contributed by atoms with van der Waals surface area (Å²) in [6.45, 7) is 3.25. The van der Waals surface area contributed by atoms with Crippen molar-refractivity contribution in [2.24, 2.45) is 0 Å². The third-order valence-electron chi connectivity index (χ3n) is 4.75. The first kappa shape index (κ1) is 21.4. The highest BCUT2D eigenvalue weighted by molar-refractivity contribution is 7.91. The number of nitrogens with zero attached hydrogens (tertiary/aromatic N) is 3. The van der Waals surface area contributed by atoms with Gasteiger partial charge < -0.3 is 5.73 Å². The fourth-order valence-electron chi connectivity index (χ4n) is 3.25. The standard InChI is InChI=1S/C17H23N5O5S2/c1-2-5-22-15(18)14(16(24)19-17(22)25)12(23)11-20-6-8-21(9-7-20)29(26,27)13-4-3-10-28-13/h3-4,10H,2,5-9,11,18H2,1H3,(H,19,24,25). The van der Waals surface area contributed by atoms with E-state index in [4.69, 9.17) is 5.73 Å². The first-order valence-electron chi connectivity index (χ1n) is 9.17. The minimum Gasteiger partial charge on any atom is -0.384 e. The molecule has 0 amide bonds. The number of piperazine rings is 1. The van der Waals surface area contributed by atoms with Crippen molar-refractivity contribution in [3.05, 3.63) is 43.9 Å².